The average molecular weight is 575 g/mol. The SMILES string of the molecule is CCc1cccc(CNC[C@@H](O)[C@H](Cc2cc(F)cc(F)c2)NC(=O)c2cccc(S(=O)(=O)NCCNC)c2)c1. The van der Waals surface area contributed by atoms with Gasteiger partial charge >= 0.3 is 0 Å². The minimum absolute atomic E-state index is 0.0574. The Morgan fingerprint density at radius 1 is 0.925 bits per heavy atom. The van der Waals surface area contributed by atoms with Crippen LogP contribution in [0.2, 0.25) is 0 Å². The van der Waals surface area contributed by atoms with Crippen LogP contribution in [0.25, 0.3) is 0 Å². The summed E-state index contributed by atoms with van der Waals surface area (Å²) in [6.07, 6.45) is -0.290. The second-order valence-corrected chi connectivity index (χ2v) is 11.2. The van der Waals surface area contributed by atoms with Crippen LogP contribution in [0, 0.1) is 11.6 Å². The molecule has 40 heavy (non-hydrogen) atoms. The molecule has 8 nitrogen and oxygen atoms in total. The molecule has 0 bridgehead atoms. The summed E-state index contributed by atoms with van der Waals surface area (Å²) in [5.41, 5.74) is 2.52. The molecule has 0 saturated carbocycles. The van der Waals surface area contributed by atoms with Crippen molar-refractivity contribution in [2.24, 2.45) is 0 Å². The van der Waals surface area contributed by atoms with Gasteiger partial charge < -0.3 is 21.1 Å². The van der Waals surface area contributed by atoms with Gasteiger partial charge in [-0.1, -0.05) is 37.3 Å². The lowest BCUT2D eigenvalue weighted by Crippen LogP contribution is -2.48. The zero-order chi connectivity index (χ0) is 29.1. The van der Waals surface area contributed by atoms with Crippen LogP contribution in [0.3, 0.4) is 0 Å². The number of aryl methyl sites for hydroxylation is 1. The monoisotopic (exact) mass is 574 g/mol. The van der Waals surface area contributed by atoms with E-state index in [2.05, 4.69) is 33.7 Å². The summed E-state index contributed by atoms with van der Waals surface area (Å²) in [6, 6.07) is 15.6. The number of halogens is 2. The normalized spacial score (nSPS) is 13.1. The Labute approximate surface area is 234 Å². The standard InChI is InChI=1S/C29H36F2N4O4S/c1-3-20-6-4-7-21(12-20)18-33-19-28(36)27(15-22-13-24(30)17-25(31)14-22)35-29(37)23-8-5-9-26(16-23)40(38,39)34-11-10-32-2/h4-9,12-14,16-17,27-28,32-34,36H,3,10-11,15,18-19H2,1-2H3,(H,35,37)/t27-,28+/m0/s1. The fourth-order valence-electron chi connectivity index (χ4n) is 4.18. The molecular formula is C29H36F2N4O4S. The maximum Gasteiger partial charge on any atom is 0.251 e. The van der Waals surface area contributed by atoms with Gasteiger partial charge in [0.25, 0.3) is 5.91 Å². The first kappa shape index (κ1) is 31.3. The third-order valence-electron chi connectivity index (χ3n) is 6.31. The number of aliphatic hydroxyl groups excluding tert-OH is 1. The highest BCUT2D eigenvalue weighted by Gasteiger charge is 2.24. The van der Waals surface area contributed by atoms with Crippen molar-refractivity contribution in [1.82, 2.24) is 20.7 Å². The number of benzene rings is 3. The number of sulfonamides is 1. The van der Waals surface area contributed by atoms with Crippen LogP contribution in [-0.4, -0.2) is 58.3 Å². The Bertz CT molecular complexity index is 1370. The van der Waals surface area contributed by atoms with Gasteiger partial charge in [0, 0.05) is 37.8 Å². The van der Waals surface area contributed by atoms with Crippen LogP contribution in [0.1, 0.15) is 34.0 Å². The third-order valence-corrected chi connectivity index (χ3v) is 7.77. The highest BCUT2D eigenvalue weighted by molar-refractivity contribution is 7.89. The molecule has 1 amide bonds. The Kier molecular flexibility index (Phi) is 11.7. The van der Waals surface area contributed by atoms with Gasteiger partial charge in [0.2, 0.25) is 10.0 Å². The van der Waals surface area contributed by atoms with E-state index in [1.165, 1.54) is 29.8 Å². The molecule has 0 aromatic heterocycles. The van der Waals surface area contributed by atoms with Gasteiger partial charge in [0.05, 0.1) is 17.0 Å². The number of nitrogens with one attached hydrogen (secondary N) is 4. The van der Waals surface area contributed by atoms with Crippen molar-refractivity contribution in [3.63, 3.8) is 0 Å². The lowest BCUT2D eigenvalue weighted by molar-refractivity contribution is 0.0829. The minimum Gasteiger partial charge on any atom is -0.390 e. The molecule has 0 unspecified atom stereocenters. The van der Waals surface area contributed by atoms with Gasteiger partial charge in [-0.25, -0.2) is 21.9 Å². The largest absolute Gasteiger partial charge is 0.390 e. The number of carbonyl (C=O) groups is 1. The number of likely N-dealkylation sites (N-methyl/N-ethyl adjacent to an activating group) is 1. The van der Waals surface area contributed by atoms with Crippen molar-refractivity contribution < 1.29 is 27.1 Å². The van der Waals surface area contributed by atoms with E-state index in [0.29, 0.717) is 13.1 Å². The van der Waals surface area contributed by atoms with Crippen molar-refractivity contribution in [2.75, 3.05) is 26.7 Å². The second kappa shape index (κ2) is 15.0. The average Bonchev–Trinajstić information content (AvgIpc) is 2.92. The molecule has 0 spiro atoms. The maximum absolute atomic E-state index is 13.9. The van der Waals surface area contributed by atoms with Crippen LogP contribution < -0.4 is 20.7 Å². The predicted molar refractivity (Wildman–Crippen MR) is 150 cm³/mol. The minimum atomic E-state index is -3.85. The van der Waals surface area contributed by atoms with Crippen molar-refractivity contribution >= 4 is 15.9 Å². The number of rotatable bonds is 15. The van der Waals surface area contributed by atoms with Gasteiger partial charge in [0.15, 0.2) is 0 Å². The number of carbonyl (C=O) groups excluding carboxylic acids is 1. The fraction of sp³-hybridized carbons (Fsp3) is 0.345. The second-order valence-electron chi connectivity index (χ2n) is 9.46. The molecule has 3 rings (SSSR count). The molecule has 11 heteroatoms. The summed E-state index contributed by atoms with van der Waals surface area (Å²) >= 11 is 0. The first-order valence-corrected chi connectivity index (χ1v) is 14.6. The van der Waals surface area contributed by atoms with E-state index >= 15 is 0 Å². The number of hydrogen-bond donors (Lipinski definition) is 5. The Morgan fingerprint density at radius 2 is 1.62 bits per heavy atom. The van der Waals surface area contributed by atoms with Crippen molar-refractivity contribution in [2.45, 2.75) is 43.4 Å². The number of aliphatic hydroxyl groups is 1. The van der Waals surface area contributed by atoms with Gasteiger partial charge in [0.1, 0.15) is 11.6 Å². The van der Waals surface area contributed by atoms with Crippen LogP contribution in [-0.2, 0) is 29.4 Å². The lowest BCUT2D eigenvalue weighted by atomic mass is 10.00. The summed E-state index contributed by atoms with van der Waals surface area (Å²) in [5.74, 6) is -2.18. The van der Waals surface area contributed by atoms with Crippen LogP contribution in [0.4, 0.5) is 8.78 Å². The van der Waals surface area contributed by atoms with E-state index in [1.807, 2.05) is 18.2 Å². The van der Waals surface area contributed by atoms with Crippen molar-refractivity contribution in [3.8, 4) is 0 Å². The molecule has 3 aromatic carbocycles. The summed E-state index contributed by atoms with van der Waals surface area (Å²) in [4.78, 5) is 13.1. The molecule has 0 radical (unpaired) electrons. The fourth-order valence-corrected chi connectivity index (χ4v) is 5.26. The molecule has 2 atom stereocenters. The van der Waals surface area contributed by atoms with E-state index in [9.17, 15) is 27.1 Å². The van der Waals surface area contributed by atoms with Crippen LogP contribution >= 0.6 is 0 Å². The van der Waals surface area contributed by atoms with Gasteiger partial charge in [-0.2, -0.15) is 0 Å². The highest BCUT2D eigenvalue weighted by Crippen LogP contribution is 2.15. The Morgan fingerprint density at radius 3 is 2.33 bits per heavy atom. The van der Waals surface area contributed by atoms with Gasteiger partial charge in [-0.05, 0) is 66.9 Å². The van der Waals surface area contributed by atoms with E-state index < -0.39 is 39.7 Å². The van der Waals surface area contributed by atoms with E-state index in [1.54, 1.807) is 7.05 Å². The molecule has 0 fully saturated rings. The molecule has 0 saturated heterocycles. The first-order chi connectivity index (χ1) is 19.1. The summed E-state index contributed by atoms with van der Waals surface area (Å²) in [7, 11) is -2.15. The molecule has 0 heterocycles. The molecule has 0 aliphatic carbocycles. The van der Waals surface area contributed by atoms with Crippen LogP contribution in [0.15, 0.2) is 71.6 Å². The van der Waals surface area contributed by atoms with Gasteiger partial charge in [-0.3, -0.25) is 4.79 Å². The molecule has 0 aliphatic rings. The summed E-state index contributed by atoms with van der Waals surface area (Å²) in [5, 5.41) is 19.7. The van der Waals surface area contributed by atoms with E-state index in [0.717, 1.165) is 30.2 Å². The smallest absolute Gasteiger partial charge is 0.251 e. The third kappa shape index (κ3) is 9.46. The topological polar surface area (TPSA) is 120 Å². The highest BCUT2D eigenvalue weighted by atomic mass is 32.2. The molecule has 216 valence electrons. The molecule has 0 aliphatic heterocycles. The number of hydrogen-bond acceptors (Lipinski definition) is 6. The zero-order valence-electron chi connectivity index (χ0n) is 22.6. The quantitative estimate of drug-likeness (QED) is 0.178. The Hall–Kier alpha value is -3.22. The first-order valence-electron chi connectivity index (χ1n) is 13.1. The van der Waals surface area contributed by atoms with Crippen LogP contribution in [0.5, 0.6) is 0 Å². The van der Waals surface area contributed by atoms with E-state index in [4.69, 9.17) is 0 Å². The zero-order valence-corrected chi connectivity index (χ0v) is 23.4. The number of amides is 1. The lowest BCUT2D eigenvalue weighted by Gasteiger charge is -2.25. The summed E-state index contributed by atoms with van der Waals surface area (Å²) < 4.78 is 55.4. The maximum atomic E-state index is 13.9. The molecule has 5 N–H and O–H groups in total. The Balaban J connectivity index is 1.75. The predicted octanol–water partition coefficient (Wildman–Crippen LogP) is 2.52. The molecule has 3 aromatic rings. The van der Waals surface area contributed by atoms with Gasteiger partial charge in [-0.15, -0.1) is 0 Å². The molecular weight excluding hydrogens is 538 g/mol. The summed E-state index contributed by atoms with van der Waals surface area (Å²) in [6.45, 7) is 3.22. The van der Waals surface area contributed by atoms with Crippen molar-refractivity contribution in [3.05, 3.63) is 101 Å². The van der Waals surface area contributed by atoms with Crippen molar-refractivity contribution in [1.29, 1.82) is 0 Å². The van der Waals surface area contributed by atoms with E-state index in [-0.39, 0.29) is 35.5 Å².